The van der Waals surface area contributed by atoms with Crippen molar-refractivity contribution >= 4 is 27.5 Å². The van der Waals surface area contributed by atoms with E-state index >= 15 is 0 Å². The Balaban J connectivity index is 2.10. The number of anilines is 1. The molecule has 20 heavy (non-hydrogen) atoms. The number of morpholine rings is 1. The number of carbonyl (C=O) groups is 1. The lowest BCUT2D eigenvalue weighted by Crippen LogP contribution is -2.53. The molecule has 0 bridgehead atoms. The van der Waals surface area contributed by atoms with E-state index in [1.54, 1.807) is 0 Å². The van der Waals surface area contributed by atoms with Crippen molar-refractivity contribution in [2.45, 2.75) is 19.5 Å². The molecule has 0 spiro atoms. The van der Waals surface area contributed by atoms with Gasteiger partial charge in [0.25, 0.3) is 0 Å². The number of benzene rings is 1. The molecule has 1 heterocycles. The second-order valence-electron chi connectivity index (χ2n) is 4.80. The number of hydrogen-bond donors (Lipinski definition) is 2. The Kier molecular flexibility index (Phi) is 5.39. The van der Waals surface area contributed by atoms with Crippen molar-refractivity contribution in [1.29, 1.82) is 0 Å². The van der Waals surface area contributed by atoms with Crippen LogP contribution in [0, 0.1) is 0 Å². The largest absolute Gasteiger partial charge is 0.398 e. The molecule has 6 heteroatoms. The molecule has 1 saturated heterocycles. The minimum Gasteiger partial charge on any atom is -0.398 e. The zero-order chi connectivity index (χ0) is 14.5. The summed E-state index contributed by atoms with van der Waals surface area (Å²) in [4.78, 5) is 14.2. The second kappa shape index (κ2) is 7.06. The summed E-state index contributed by atoms with van der Waals surface area (Å²) in [7, 11) is 0. The van der Waals surface area contributed by atoms with Crippen LogP contribution in [0.5, 0.6) is 0 Å². The number of amides is 1. The van der Waals surface area contributed by atoms with Gasteiger partial charge in [0.1, 0.15) is 6.04 Å². The summed E-state index contributed by atoms with van der Waals surface area (Å²) < 4.78 is 6.38. The van der Waals surface area contributed by atoms with E-state index in [-0.39, 0.29) is 11.9 Å². The Labute approximate surface area is 127 Å². The Hall–Kier alpha value is -1.11. The second-order valence-corrected chi connectivity index (χ2v) is 5.71. The molecule has 1 aliphatic rings. The van der Waals surface area contributed by atoms with E-state index in [0.717, 1.165) is 22.3 Å². The van der Waals surface area contributed by atoms with Gasteiger partial charge in [0.05, 0.1) is 13.2 Å². The topological polar surface area (TPSA) is 67.6 Å². The standard InChI is InChI=1S/C14H20BrN3O2/c1-2-17-14(19)13-9-20-6-5-18(13)8-10-3-4-11(15)7-12(10)16/h3-4,7,13H,2,5-6,8-9,16H2,1H3,(H,17,19). The van der Waals surface area contributed by atoms with Gasteiger partial charge in [-0.1, -0.05) is 22.0 Å². The maximum absolute atomic E-state index is 12.1. The first-order valence-corrected chi connectivity index (χ1v) is 7.54. The van der Waals surface area contributed by atoms with Crippen molar-refractivity contribution in [2.75, 3.05) is 32.0 Å². The van der Waals surface area contributed by atoms with Crippen molar-refractivity contribution in [2.24, 2.45) is 0 Å². The molecule has 3 N–H and O–H groups in total. The highest BCUT2D eigenvalue weighted by atomic mass is 79.9. The fraction of sp³-hybridized carbons (Fsp3) is 0.500. The third-order valence-electron chi connectivity index (χ3n) is 3.37. The zero-order valence-electron chi connectivity index (χ0n) is 11.6. The van der Waals surface area contributed by atoms with E-state index in [4.69, 9.17) is 10.5 Å². The summed E-state index contributed by atoms with van der Waals surface area (Å²) in [6, 6.07) is 5.60. The molecule has 1 amide bonds. The first-order valence-electron chi connectivity index (χ1n) is 6.75. The number of ether oxygens (including phenoxy) is 1. The first-order chi connectivity index (χ1) is 9.61. The smallest absolute Gasteiger partial charge is 0.239 e. The molecule has 0 radical (unpaired) electrons. The Morgan fingerprint density at radius 1 is 1.60 bits per heavy atom. The van der Waals surface area contributed by atoms with Crippen molar-refractivity contribution in [1.82, 2.24) is 10.2 Å². The third-order valence-corrected chi connectivity index (χ3v) is 3.87. The van der Waals surface area contributed by atoms with Gasteiger partial charge in [-0.2, -0.15) is 0 Å². The molecule has 1 unspecified atom stereocenters. The van der Waals surface area contributed by atoms with Gasteiger partial charge < -0.3 is 15.8 Å². The van der Waals surface area contributed by atoms with Gasteiger partial charge >= 0.3 is 0 Å². The minimum absolute atomic E-state index is 0.0166. The summed E-state index contributed by atoms with van der Waals surface area (Å²) in [6.45, 7) is 5.01. The molecule has 0 saturated carbocycles. The molecule has 1 aliphatic heterocycles. The maximum atomic E-state index is 12.1. The first kappa shape index (κ1) is 15.3. The SMILES string of the molecule is CCNC(=O)C1COCCN1Cc1ccc(Br)cc1N. The normalized spacial score (nSPS) is 19.8. The Bertz CT molecular complexity index is 481. The lowest BCUT2D eigenvalue weighted by atomic mass is 10.1. The van der Waals surface area contributed by atoms with Crippen LogP contribution in [-0.4, -0.2) is 43.2 Å². The molecule has 110 valence electrons. The Morgan fingerprint density at radius 3 is 3.10 bits per heavy atom. The van der Waals surface area contributed by atoms with Gasteiger partial charge in [0, 0.05) is 29.8 Å². The van der Waals surface area contributed by atoms with Gasteiger partial charge in [0.15, 0.2) is 0 Å². The van der Waals surface area contributed by atoms with Gasteiger partial charge in [-0.3, -0.25) is 9.69 Å². The van der Waals surface area contributed by atoms with E-state index in [1.165, 1.54) is 0 Å². The molecule has 1 fully saturated rings. The van der Waals surface area contributed by atoms with Crippen LogP contribution in [0.2, 0.25) is 0 Å². The molecule has 1 aromatic rings. The number of nitrogens with one attached hydrogen (secondary N) is 1. The summed E-state index contributed by atoms with van der Waals surface area (Å²) in [5.41, 5.74) is 7.80. The number of nitrogens with zero attached hydrogens (tertiary/aromatic N) is 1. The number of carbonyl (C=O) groups excluding carboxylic acids is 1. The van der Waals surface area contributed by atoms with Gasteiger partial charge in [-0.25, -0.2) is 0 Å². The van der Waals surface area contributed by atoms with Crippen LogP contribution in [0.3, 0.4) is 0 Å². The molecule has 5 nitrogen and oxygen atoms in total. The number of hydrogen-bond acceptors (Lipinski definition) is 4. The number of nitrogen functional groups attached to an aromatic ring is 1. The zero-order valence-corrected chi connectivity index (χ0v) is 13.1. The molecular weight excluding hydrogens is 322 g/mol. The van der Waals surface area contributed by atoms with E-state index in [9.17, 15) is 4.79 Å². The maximum Gasteiger partial charge on any atom is 0.239 e. The van der Waals surface area contributed by atoms with Crippen LogP contribution in [-0.2, 0) is 16.1 Å². The molecular formula is C14H20BrN3O2. The average Bonchev–Trinajstić information content (AvgIpc) is 2.43. The van der Waals surface area contributed by atoms with Crippen LogP contribution >= 0.6 is 15.9 Å². The fourth-order valence-corrected chi connectivity index (χ4v) is 2.67. The van der Waals surface area contributed by atoms with Crippen LogP contribution < -0.4 is 11.1 Å². The van der Waals surface area contributed by atoms with E-state index in [2.05, 4.69) is 26.1 Å². The highest BCUT2D eigenvalue weighted by Gasteiger charge is 2.29. The lowest BCUT2D eigenvalue weighted by molar-refractivity contribution is -0.132. The molecule has 0 aromatic heterocycles. The van der Waals surface area contributed by atoms with Crippen LogP contribution in [0.25, 0.3) is 0 Å². The van der Waals surface area contributed by atoms with E-state index in [0.29, 0.717) is 26.3 Å². The summed E-state index contributed by atoms with van der Waals surface area (Å²) in [5, 5.41) is 2.86. The molecule has 1 aromatic carbocycles. The molecule has 0 aliphatic carbocycles. The highest BCUT2D eigenvalue weighted by Crippen LogP contribution is 2.21. The minimum atomic E-state index is -0.244. The monoisotopic (exact) mass is 341 g/mol. The van der Waals surface area contributed by atoms with Crippen molar-refractivity contribution in [3.8, 4) is 0 Å². The van der Waals surface area contributed by atoms with Gasteiger partial charge in [0.2, 0.25) is 5.91 Å². The van der Waals surface area contributed by atoms with Gasteiger partial charge in [-0.15, -0.1) is 0 Å². The van der Waals surface area contributed by atoms with E-state index < -0.39 is 0 Å². The van der Waals surface area contributed by atoms with Crippen molar-refractivity contribution in [3.63, 3.8) is 0 Å². The summed E-state index contributed by atoms with van der Waals surface area (Å²) in [6.07, 6.45) is 0. The predicted octanol–water partition coefficient (Wildman–Crippen LogP) is 1.37. The predicted molar refractivity (Wildman–Crippen MR) is 82.3 cm³/mol. The lowest BCUT2D eigenvalue weighted by Gasteiger charge is -2.34. The highest BCUT2D eigenvalue weighted by molar-refractivity contribution is 9.10. The van der Waals surface area contributed by atoms with Gasteiger partial charge in [-0.05, 0) is 24.6 Å². The number of likely N-dealkylation sites (N-methyl/N-ethyl adjacent to an activating group) is 1. The number of nitrogens with two attached hydrogens (primary N) is 1. The van der Waals surface area contributed by atoms with E-state index in [1.807, 2.05) is 25.1 Å². The summed E-state index contributed by atoms with van der Waals surface area (Å²) in [5.74, 6) is 0.0166. The molecule has 2 rings (SSSR count). The van der Waals surface area contributed by atoms with Crippen LogP contribution in [0.1, 0.15) is 12.5 Å². The van der Waals surface area contributed by atoms with Crippen LogP contribution in [0.4, 0.5) is 5.69 Å². The van der Waals surface area contributed by atoms with Crippen LogP contribution in [0.15, 0.2) is 22.7 Å². The molecule has 1 atom stereocenters. The number of rotatable bonds is 4. The third kappa shape index (κ3) is 3.71. The Morgan fingerprint density at radius 2 is 2.40 bits per heavy atom. The fourth-order valence-electron chi connectivity index (χ4n) is 2.29. The van der Waals surface area contributed by atoms with Crippen molar-refractivity contribution < 1.29 is 9.53 Å². The number of halogens is 1. The average molecular weight is 342 g/mol. The quantitative estimate of drug-likeness (QED) is 0.811. The summed E-state index contributed by atoms with van der Waals surface area (Å²) >= 11 is 3.40. The van der Waals surface area contributed by atoms with Crippen molar-refractivity contribution in [3.05, 3.63) is 28.2 Å².